The number of ether oxygens (including phenoxy) is 1. The van der Waals surface area contributed by atoms with Crippen molar-refractivity contribution in [3.63, 3.8) is 0 Å². The van der Waals surface area contributed by atoms with Crippen molar-refractivity contribution in [3.8, 4) is 0 Å². The smallest absolute Gasteiger partial charge is 0.0589 e. The van der Waals surface area contributed by atoms with Gasteiger partial charge >= 0.3 is 0 Å². The lowest BCUT2D eigenvalue weighted by molar-refractivity contribution is 0.0191. The summed E-state index contributed by atoms with van der Waals surface area (Å²) < 4.78 is 5.22. The molecule has 0 saturated heterocycles. The van der Waals surface area contributed by atoms with E-state index in [1.54, 1.807) is 7.11 Å². The second kappa shape index (κ2) is 6.36. The van der Waals surface area contributed by atoms with Gasteiger partial charge in [-0.15, -0.1) is 0 Å². The van der Waals surface area contributed by atoms with E-state index in [1.165, 1.54) is 38.5 Å². The van der Waals surface area contributed by atoms with Crippen molar-refractivity contribution in [2.45, 2.75) is 51.5 Å². The Balaban J connectivity index is 1.90. The maximum atomic E-state index is 9.85. The summed E-state index contributed by atoms with van der Waals surface area (Å²) in [5, 5.41) is 9.85. The van der Waals surface area contributed by atoms with Crippen LogP contribution >= 0.6 is 0 Å². The molecule has 0 aromatic carbocycles. The maximum Gasteiger partial charge on any atom is 0.0589 e. The quantitative estimate of drug-likeness (QED) is 0.757. The number of rotatable bonds is 7. The van der Waals surface area contributed by atoms with Gasteiger partial charge in [0.25, 0.3) is 0 Å². The van der Waals surface area contributed by atoms with Gasteiger partial charge in [0.1, 0.15) is 0 Å². The molecule has 0 unspecified atom stereocenters. The fourth-order valence-electron chi connectivity index (χ4n) is 3.21. The molecule has 1 N–H and O–H groups in total. The van der Waals surface area contributed by atoms with Crippen molar-refractivity contribution in [2.75, 3.05) is 33.4 Å². The highest BCUT2D eigenvalue weighted by atomic mass is 16.5. The Kier molecular flexibility index (Phi) is 5.05. The topological polar surface area (TPSA) is 32.7 Å². The van der Waals surface area contributed by atoms with Gasteiger partial charge in [-0.05, 0) is 31.6 Å². The Morgan fingerprint density at radius 1 is 1.22 bits per heavy atom. The fourth-order valence-corrected chi connectivity index (χ4v) is 3.21. The van der Waals surface area contributed by atoms with Crippen LogP contribution in [-0.2, 0) is 4.74 Å². The molecule has 0 aromatic heterocycles. The standard InChI is InChI=1S/C15H29NO2/c1-13-5-7-15(12-17,8-6-13)11-16(9-10-18-2)14-3-4-14/h13-14,17H,3-12H2,1-2H3. The van der Waals surface area contributed by atoms with Crippen molar-refractivity contribution in [1.82, 2.24) is 4.90 Å². The van der Waals surface area contributed by atoms with E-state index in [1.807, 2.05) is 0 Å². The van der Waals surface area contributed by atoms with Crippen molar-refractivity contribution >= 4 is 0 Å². The van der Waals surface area contributed by atoms with E-state index >= 15 is 0 Å². The molecule has 2 saturated carbocycles. The number of aliphatic hydroxyl groups is 1. The largest absolute Gasteiger partial charge is 0.396 e. The number of nitrogens with zero attached hydrogens (tertiary/aromatic N) is 1. The summed E-state index contributed by atoms with van der Waals surface area (Å²) in [7, 11) is 1.77. The molecule has 0 spiro atoms. The van der Waals surface area contributed by atoms with Crippen LogP contribution in [0.2, 0.25) is 0 Å². The molecule has 106 valence electrons. The molecule has 0 bridgehead atoms. The highest BCUT2D eigenvalue weighted by Crippen LogP contribution is 2.41. The highest BCUT2D eigenvalue weighted by molar-refractivity contribution is 4.92. The van der Waals surface area contributed by atoms with Crippen LogP contribution in [-0.4, -0.2) is 49.5 Å². The summed E-state index contributed by atoms with van der Waals surface area (Å²) in [5.74, 6) is 0.845. The van der Waals surface area contributed by atoms with Crippen molar-refractivity contribution in [3.05, 3.63) is 0 Å². The summed E-state index contributed by atoms with van der Waals surface area (Å²) in [5.41, 5.74) is 0.169. The summed E-state index contributed by atoms with van der Waals surface area (Å²) in [6.07, 6.45) is 7.62. The first kappa shape index (κ1) is 14.3. The van der Waals surface area contributed by atoms with Gasteiger partial charge in [0.05, 0.1) is 6.61 Å². The monoisotopic (exact) mass is 255 g/mol. The molecular formula is C15H29NO2. The zero-order valence-corrected chi connectivity index (χ0v) is 12.0. The van der Waals surface area contributed by atoms with Crippen molar-refractivity contribution in [2.24, 2.45) is 11.3 Å². The van der Waals surface area contributed by atoms with Crippen molar-refractivity contribution < 1.29 is 9.84 Å². The minimum atomic E-state index is 0.169. The molecule has 0 aliphatic heterocycles. The number of methoxy groups -OCH3 is 1. The predicted octanol–water partition coefficient (Wildman–Crippen LogP) is 2.29. The average molecular weight is 255 g/mol. The summed E-state index contributed by atoms with van der Waals surface area (Å²) in [6, 6.07) is 0.767. The third-order valence-corrected chi connectivity index (χ3v) is 4.85. The molecule has 18 heavy (non-hydrogen) atoms. The lowest BCUT2D eigenvalue weighted by Crippen LogP contribution is -2.44. The lowest BCUT2D eigenvalue weighted by Gasteiger charge is -2.41. The van der Waals surface area contributed by atoms with Crippen molar-refractivity contribution in [1.29, 1.82) is 0 Å². The molecule has 3 heteroatoms. The molecule has 0 amide bonds. The Bertz CT molecular complexity index is 245. The van der Waals surface area contributed by atoms with Gasteiger partial charge in [0.15, 0.2) is 0 Å². The van der Waals surface area contributed by atoms with Crippen LogP contribution in [0.4, 0.5) is 0 Å². The first-order valence-corrected chi connectivity index (χ1v) is 7.53. The summed E-state index contributed by atoms with van der Waals surface area (Å²) in [6.45, 7) is 5.61. The molecule has 2 rings (SSSR count). The number of aliphatic hydroxyl groups excluding tert-OH is 1. The van der Waals surface area contributed by atoms with E-state index in [4.69, 9.17) is 4.74 Å². The number of hydrogen-bond acceptors (Lipinski definition) is 3. The number of hydrogen-bond donors (Lipinski definition) is 1. The van der Waals surface area contributed by atoms with Crippen LogP contribution in [0.3, 0.4) is 0 Å². The van der Waals surface area contributed by atoms with Crippen LogP contribution in [0, 0.1) is 11.3 Å². The van der Waals surface area contributed by atoms with Gasteiger partial charge in [0.2, 0.25) is 0 Å². The average Bonchev–Trinajstić information content (AvgIpc) is 3.22. The normalized spacial score (nSPS) is 33.0. The highest BCUT2D eigenvalue weighted by Gasteiger charge is 2.39. The lowest BCUT2D eigenvalue weighted by atomic mass is 9.71. The Morgan fingerprint density at radius 3 is 2.39 bits per heavy atom. The van der Waals surface area contributed by atoms with Crippen LogP contribution in [0.5, 0.6) is 0 Å². The van der Waals surface area contributed by atoms with Gasteiger partial charge in [0, 0.05) is 38.3 Å². The molecule has 2 aliphatic rings. The molecular weight excluding hydrogens is 226 g/mol. The predicted molar refractivity (Wildman–Crippen MR) is 73.6 cm³/mol. The summed E-state index contributed by atoms with van der Waals surface area (Å²) in [4.78, 5) is 2.57. The first-order valence-electron chi connectivity index (χ1n) is 7.53. The van der Waals surface area contributed by atoms with Gasteiger partial charge in [-0.1, -0.05) is 19.8 Å². The van der Waals surface area contributed by atoms with Crippen LogP contribution < -0.4 is 0 Å². The zero-order chi connectivity index (χ0) is 13.0. The van der Waals surface area contributed by atoms with Crippen LogP contribution in [0.15, 0.2) is 0 Å². The van der Waals surface area contributed by atoms with Crippen LogP contribution in [0.25, 0.3) is 0 Å². The zero-order valence-electron chi connectivity index (χ0n) is 12.0. The van der Waals surface area contributed by atoms with E-state index in [0.29, 0.717) is 6.61 Å². The summed E-state index contributed by atoms with van der Waals surface area (Å²) >= 11 is 0. The van der Waals surface area contributed by atoms with E-state index in [0.717, 1.165) is 31.7 Å². The van der Waals surface area contributed by atoms with E-state index in [9.17, 15) is 5.11 Å². The fraction of sp³-hybridized carbons (Fsp3) is 1.00. The maximum absolute atomic E-state index is 9.85. The van der Waals surface area contributed by atoms with E-state index < -0.39 is 0 Å². The first-order chi connectivity index (χ1) is 8.69. The third-order valence-electron chi connectivity index (χ3n) is 4.85. The molecule has 2 aliphatic carbocycles. The molecule has 3 nitrogen and oxygen atoms in total. The molecule has 2 fully saturated rings. The minimum absolute atomic E-state index is 0.169. The van der Waals surface area contributed by atoms with Gasteiger partial charge < -0.3 is 9.84 Å². The van der Waals surface area contributed by atoms with E-state index in [2.05, 4.69) is 11.8 Å². The second-order valence-corrected chi connectivity index (χ2v) is 6.54. The third kappa shape index (κ3) is 3.69. The van der Waals surface area contributed by atoms with Gasteiger partial charge in [-0.2, -0.15) is 0 Å². The Labute approximate surface area is 112 Å². The second-order valence-electron chi connectivity index (χ2n) is 6.54. The van der Waals surface area contributed by atoms with Gasteiger partial charge in [-0.3, -0.25) is 4.90 Å². The minimum Gasteiger partial charge on any atom is -0.396 e. The Hall–Kier alpha value is -0.120. The molecule has 0 heterocycles. The van der Waals surface area contributed by atoms with E-state index in [-0.39, 0.29) is 5.41 Å². The Morgan fingerprint density at radius 2 is 1.89 bits per heavy atom. The van der Waals surface area contributed by atoms with Gasteiger partial charge in [-0.25, -0.2) is 0 Å². The molecule has 0 aromatic rings. The molecule has 0 atom stereocenters. The molecule has 0 radical (unpaired) electrons. The SMILES string of the molecule is COCCN(CC1(CO)CCC(C)CC1)C1CC1. The van der Waals surface area contributed by atoms with Crippen LogP contribution in [0.1, 0.15) is 45.4 Å².